The number of aryl methyl sites for hydroxylation is 3. The topological polar surface area (TPSA) is 121 Å². The molecule has 8 nitrogen and oxygen atoms in total. The molecule has 8 heteroatoms. The molecular weight excluding hydrogens is 362 g/mol. The van der Waals surface area contributed by atoms with Gasteiger partial charge >= 0.3 is 5.97 Å². The lowest BCUT2D eigenvalue weighted by molar-refractivity contribution is -0.139. The van der Waals surface area contributed by atoms with Gasteiger partial charge in [0.2, 0.25) is 0 Å². The fraction of sp³-hybridized carbons (Fsp3) is 0.400. The maximum Gasteiger partial charge on any atom is 0.341 e. The van der Waals surface area contributed by atoms with Gasteiger partial charge in [-0.25, -0.2) is 9.89 Å². The minimum absolute atomic E-state index is 0.0994. The smallest absolute Gasteiger partial charge is 0.341 e. The molecule has 0 saturated heterocycles. The summed E-state index contributed by atoms with van der Waals surface area (Å²) in [6.45, 7) is 7.06. The van der Waals surface area contributed by atoms with E-state index in [1.807, 2.05) is 13.8 Å². The first kappa shape index (κ1) is 21.1. The normalized spacial score (nSPS) is 10.6. The molecule has 0 aliphatic heterocycles. The molecule has 2 aromatic rings. The van der Waals surface area contributed by atoms with Crippen molar-refractivity contribution in [1.29, 1.82) is 0 Å². The molecule has 1 heterocycles. The monoisotopic (exact) mass is 387 g/mol. The molecule has 0 fully saturated rings. The zero-order valence-corrected chi connectivity index (χ0v) is 16.5. The lowest BCUT2D eigenvalue weighted by Gasteiger charge is -2.14. The molecule has 0 atom stereocenters. The van der Waals surface area contributed by atoms with Crippen LogP contribution in [0.4, 0.5) is 0 Å². The predicted octanol–water partition coefficient (Wildman–Crippen LogP) is 1.90. The Morgan fingerprint density at radius 2 is 1.79 bits per heavy atom. The van der Waals surface area contributed by atoms with Gasteiger partial charge in [0.15, 0.2) is 6.61 Å². The molecule has 3 N–H and O–H groups in total. The third-order valence-corrected chi connectivity index (χ3v) is 4.46. The lowest BCUT2D eigenvalue weighted by Crippen LogP contribution is -2.29. The highest BCUT2D eigenvalue weighted by molar-refractivity contribution is 5.94. The number of carbonyl (C=O) groups excluding carboxylic acids is 1. The van der Waals surface area contributed by atoms with E-state index in [1.54, 1.807) is 26.0 Å². The Morgan fingerprint density at radius 3 is 2.32 bits per heavy atom. The van der Waals surface area contributed by atoms with Gasteiger partial charge in [0.05, 0.1) is 5.69 Å². The SMILES string of the molecule is CCc1n[nH]c(=O)c(CNC(=O)c2cc(C)c(OCC(=O)O)c(C)c2)c1CC. The van der Waals surface area contributed by atoms with Gasteiger partial charge in [-0.1, -0.05) is 13.8 Å². The van der Waals surface area contributed by atoms with Gasteiger partial charge in [0.1, 0.15) is 5.75 Å². The molecule has 0 aliphatic rings. The first-order valence-electron chi connectivity index (χ1n) is 9.11. The molecule has 150 valence electrons. The van der Waals surface area contributed by atoms with E-state index < -0.39 is 12.6 Å². The number of nitrogens with zero attached hydrogens (tertiary/aromatic N) is 1. The first-order chi connectivity index (χ1) is 13.3. The first-order valence-corrected chi connectivity index (χ1v) is 9.11. The molecule has 1 aromatic carbocycles. The third-order valence-electron chi connectivity index (χ3n) is 4.46. The molecular formula is C20H25N3O5. The molecule has 0 unspecified atom stereocenters. The third kappa shape index (κ3) is 4.76. The lowest BCUT2D eigenvalue weighted by atomic mass is 10.0. The number of carbonyl (C=O) groups is 2. The number of rotatable bonds is 8. The summed E-state index contributed by atoms with van der Waals surface area (Å²) in [5, 5.41) is 18.1. The number of benzene rings is 1. The number of carboxylic acid groups (broad SMARTS) is 1. The van der Waals surface area contributed by atoms with E-state index in [2.05, 4.69) is 15.5 Å². The Hall–Kier alpha value is -3.16. The predicted molar refractivity (Wildman–Crippen MR) is 104 cm³/mol. The quantitative estimate of drug-likeness (QED) is 0.636. The van der Waals surface area contributed by atoms with E-state index >= 15 is 0 Å². The Kier molecular flexibility index (Phi) is 6.92. The van der Waals surface area contributed by atoms with Crippen LogP contribution in [0.25, 0.3) is 0 Å². The van der Waals surface area contributed by atoms with E-state index in [1.165, 1.54) is 0 Å². The minimum Gasteiger partial charge on any atom is -0.481 e. The van der Waals surface area contributed by atoms with Gasteiger partial charge in [0.25, 0.3) is 11.5 Å². The van der Waals surface area contributed by atoms with Gasteiger partial charge in [0, 0.05) is 17.7 Å². The van der Waals surface area contributed by atoms with E-state index in [-0.39, 0.29) is 18.0 Å². The molecule has 0 saturated carbocycles. The number of aliphatic carboxylic acids is 1. The number of hydrogen-bond donors (Lipinski definition) is 3. The van der Waals surface area contributed by atoms with E-state index in [4.69, 9.17) is 9.84 Å². The van der Waals surface area contributed by atoms with Crippen LogP contribution in [0.2, 0.25) is 0 Å². The van der Waals surface area contributed by atoms with Crippen LogP contribution in [0.3, 0.4) is 0 Å². The molecule has 0 radical (unpaired) electrons. The van der Waals surface area contributed by atoms with Crippen molar-refractivity contribution in [2.45, 2.75) is 47.1 Å². The number of nitrogens with one attached hydrogen (secondary N) is 2. The van der Waals surface area contributed by atoms with Crippen LogP contribution in [0.1, 0.15) is 52.2 Å². The number of amides is 1. The van der Waals surface area contributed by atoms with E-state index in [0.717, 1.165) is 11.3 Å². The summed E-state index contributed by atoms with van der Waals surface area (Å²) < 4.78 is 5.28. The molecule has 28 heavy (non-hydrogen) atoms. The van der Waals surface area contributed by atoms with Gasteiger partial charge in [-0.3, -0.25) is 9.59 Å². The average Bonchev–Trinajstić information content (AvgIpc) is 2.65. The van der Waals surface area contributed by atoms with Gasteiger partial charge in [-0.05, 0) is 55.5 Å². The summed E-state index contributed by atoms with van der Waals surface area (Å²) >= 11 is 0. The maximum absolute atomic E-state index is 12.6. The van der Waals surface area contributed by atoms with Crippen molar-refractivity contribution in [3.05, 3.63) is 56.0 Å². The van der Waals surface area contributed by atoms with Crippen molar-refractivity contribution in [2.75, 3.05) is 6.61 Å². The van der Waals surface area contributed by atoms with Gasteiger partial charge < -0.3 is 15.2 Å². The van der Waals surface area contributed by atoms with E-state index in [0.29, 0.717) is 40.8 Å². The van der Waals surface area contributed by atoms with Crippen LogP contribution in [0.5, 0.6) is 5.75 Å². The second-order valence-electron chi connectivity index (χ2n) is 6.47. The zero-order valence-electron chi connectivity index (χ0n) is 16.5. The van der Waals surface area contributed by atoms with Crippen LogP contribution in [-0.4, -0.2) is 33.8 Å². The van der Waals surface area contributed by atoms with Crippen molar-refractivity contribution in [2.24, 2.45) is 0 Å². The van der Waals surface area contributed by atoms with Crippen LogP contribution >= 0.6 is 0 Å². The second kappa shape index (κ2) is 9.16. The van der Waals surface area contributed by atoms with Crippen LogP contribution in [0, 0.1) is 13.8 Å². The minimum atomic E-state index is -1.07. The standard InChI is InChI=1S/C20H25N3O5/c1-5-14-15(20(27)23-22-16(14)6-2)9-21-19(26)13-7-11(3)18(12(4)8-13)28-10-17(24)25/h7-8H,5-6,9-10H2,1-4H3,(H,21,26)(H,23,27)(H,24,25). The maximum atomic E-state index is 12.6. The number of aromatic amines is 1. The van der Waals surface area contributed by atoms with Crippen molar-refractivity contribution >= 4 is 11.9 Å². The largest absolute Gasteiger partial charge is 0.481 e. The van der Waals surface area contributed by atoms with Gasteiger partial charge in [-0.15, -0.1) is 0 Å². The van der Waals surface area contributed by atoms with Crippen molar-refractivity contribution in [3.63, 3.8) is 0 Å². The number of carboxylic acids is 1. The summed E-state index contributed by atoms with van der Waals surface area (Å²) in [7, 11) is 0. The summed E-state index contributed by atoms with van der Waals surface area (Å²) in [6, 6.07) is 3.27. The van der Waals surface area contributed by atoms with Crippen LogP contribution in [0.15, 0.2) is 16.9 Å². The van der Waals surface area contributed by atoms with Crippen LogP contribution in [-0.2, 0) is 24.2 Å². The number of hydrogen-bond acceptors (Lipinski definition) is 5. The fourth-order valence-electron chi connectivity index (χ4n) is 3.17. The van der Waals surface area contributed by atoms with Crippen molar-refractivity contribution in [3.8, 4) is 5.75 Å². The average molecular weight is 387 g/mol. The van der Waals surface area contributed by atoms with Crippen LogP contribution < -0.4 is 15.6 Å². The van der Waals surface area contributed by atoms with Crippen molar-refractivity contribution in [1.82, 2.24) is 15.5 Å². The highest BCUT2D eigenvalue weighted by atomic mass is 16.5. The summed E-state index contributed by atoms with van der Waals surface area (Å²) in [5.74, 6) is -0.945. The number of ether oxygens (including phenoxy) is 1. The zero-order chi connectivity index (χ0) is 20.8. The molecule has 0 aliphatic carbocycles. The number of H-pyrrole nitrogens is 1. The Balaban J connectivity index is 2.21. The number of aromatic nitrogens is 2. The summed E-state index contributed by atoms with van der Waals surface area (Å²) in [5.41, 5.74) is 3.62. The molecule has 0 bridgehead atoms. The molecule has 1 aromatic heterocycles. The Labute approximate surface area is 162 Å². The Bertz CT molecular complexity index is 926. The van der Waals surface area contributed by atoms with Crippen molar-refractivity contribution < 1.29 is 19.4 Å². The second-order valence-corrected chi connectivity index (χ2v) is 6.47. The molecule has 1 amide bonds. The summed E-state index contributed by atoms with van der Waals surface area (Å²) in [4.78, 5) is 35.4. The fourth-order valence-corrected chi connectivity index (χ4v) is 3.17. The highest BCUT2D eigenvalue weighted by Gasteiger charge is 2.16. The Morgan fingerprint density at radius 1 is 1.14 bits per heavy atom. The molecule has 2 rings (SSSR count). The van der Waals surface area contributed by atoms with Gasteiger partial charge in [-0.2, -0.15) is 5.10 Å². The van der Waals surface area contributed by atoms with E-state index in [9.17, 15) is 14.4 Å². The summed E-state index contributed by atoms with van der Waals surface area (Å²) in [6.07, 6.45) is 1.34. The molecule has 0 spiro atoms. The highest BCUT2D eigenvalue weighted by Crippen LogP contribution is 2.25.